The van der Waals surface area contributed by atoms with Gasteiger partial charge in [0.25, 0.3) is 0 Å². The molecule has 1 aliphatic carbocycles. The Morgan fingerprint density at radius 1 is 0.674 bits per heavy atom. The fraction of sp³-hybridized carbons (Fsp3) is 0.400. The lowest BCUT2D eigenvalue weighted by Crippen LogP contribution is -2.40. The van der Waals surface area contributed by atoms with E-state index in [-0.39, 0.29) is 30.6 Å². The van der Waals surface area contributed by atoms with Gasteiger partial charge in [0.05, 0.1) is 6.61 Å². The van der Waals surface area contributed by atoms with Crippen molar-refractivity contribution in [2.24, 2.45) is 0 Å². The highest BCUT2D eigenvalue weighted by Gasteiger charge is 2.37. The van der Waals surface area contributed by atoms with E-state index in [0.29, 0.717) is 35.3 Å². The summed E-state index contributed by atoms with van der Waals surface area (Å²) in [6.45, 7) is 6.05. The van der Waals surface area contributed by atoms with E-state index >= 15 is 0 Å². The Kier molecular flexibility index (Phi) is 13.4. The topological polar surface area (TPSA) is 141 Å². The van der Waals surface area contributed by atoms with E-state index in [1.54, 1.807) is 60.7 Å². The first kappa shape index (κ1) is 35.5. The third-order valence-electron chi connectivity index (χ3n) is 6.76. The van der Waals surface area contributed by atoms with E-state index in [1.165, 1.54) is 27.7 Å². The predicted molar refractivity (Wildman–Crippen MR) is 166 cm³/mol. The van der Waals surface area contributed by atoms with E-state index in [2.05, 4.69) is 0 Å². The maximum absolute atomic E-state index is 12.1. The summed E-state index contributed by atoms with van der Waals surface area (Å²) in [7, 11) is 0. The summed E-state index contributed by atoms with van der Waals surface area (Å²) in [5.41, 5.74) is -2.13. The summed E-state index contributed by atoms with van der Waals surface area (Å²) in [4.78, 5) is 35.1. The molecule has 0 aromatic heterocycles. The van der Waals surface area contributed by atoms with Gasteiger partial charge in [-0.05, 0) is 64.8 Å². The number of aliphatic hydroxyl groups is 4. The third kappa shape index (κ3) is 11.5. The highest BCUT2D eigenvalue weighted by atomic mass is 16.5. The summed E-state index contributed by atoms with van der Waals surface area (Å²) in [5, 5.41) is 37.7. The first-order valence-electron chi connectivity index (χ1n) is 14.4. The highest BCUT2D eigenvalue weighted by Crippen LogP contribution is 2.31. The molecule has 0 unspecified atom stereocenters. The van der Waals surface area contributed by atoms with E-state index in [0.717, 1.165) is 19.3 Å². The molecular weight excluding hydrogens is 548 g/mol. The number of hydrogen-bond donors (Lipinski definition) is 4. The lowest BCUT2D eigenvalue weighted by molar-refractivity contribution is 0.0116. The minimum atomic E-state index is -1.37. The van der Waals surface area contributed by atoms with Gasteiger partial charge in [-0.2, -0.15) is 0 Å². The monoisotopic (exact) mass is 592 g/mol. The van der Waals surface area contributed by atoms with E-state index in [1.807, 2.05) is 24.3 Å². The second kappa shape index (κ2) is 16.2. The van der Waals surface area contributed by atoms with Crippen molar-refractivity contribution in [1.82, 2.24) is 0 Å². The van der Waals surface area contributed by atoms with Crippen LogP contribution < -0.4 is 4.74 Å². The van der Waals surface area contributed by atoms with Gasteiger partial charge in [-0.1, -0.05) is 79.9 Å². The molecule has 0 spiro atoms. The molecule has 1 aliphatic rings. The fourth-order valence-electron chi connectivity index (χ4n) is 4.38. The number of carbonyl (C=O) groups excluding carboxylic acids is 3. The normalized spacial score (nSPS) is 14.2. The number of rotatable bonds is 9. The Hall–Kier alpha value is -3.69. The van der Waals surface area contributed by atoms with Crippen LogP contribution in [0.5, 0.6) is 5.75 Å². The minimum Gasteiger partial charge on any atom is -0.491 e. The summed E-state index contributed by atoms with van der Waals surface area (Å²) in [6.07, 6.45) is 4.26. The lowest BCUT2D eigenvalue weighted by atomic mass is 9.79. The average molecular weight is 593 g/mol. The summed E-state index contributed by atoms with van der Waals surface area (Å²) >= 11 is 0. The molecule has 1 fully saturated rings. The van der Waals surface area contributed by atoms with Crippen molar-refractivity contribution >= 4 is 17.3 Å². The first-order chi connectivity index (χ1) is 20.2. The molecule has 0 radical (unpaired) electrons. The summed E-state index contributed by atoms with van der Waals surface area (Å²) in [5.74, 6) is -0.103. The number of aliphatic hydroxyl groups excluding tert-OH is 1. The molecule has 0 atom stereocenters. The van der Waals surface area contributed by atoms with Crippen molar-refractivity contribution in [3.63, 3.8) is 0 Å². The number of Topliss-reactive ketones (excluding diaryl/α,β-unsaturated/α-hetero) is 3. The number of ketones is 3. The molecule has 4 N–H and O–H groups in total. The summed E-state index contributed by atoms with van der Waals surface area (Å²) in [6, 6.07) is 24.3. The van der Waals surface area contributed by atoms with E-state index in [9.17, 15) is 29.7 Å². The first-order valence-corrected chi connectivity index (χ1v) is 14.4. The van der Waals surface area contributed by atoms with Crippen molar-refractivity contribution in [3.8, 4) is 5.75 Å². The van der Waals surface area contributed by atoms with Crippen LogP contribution in [0.1, 0.15) is 90.9 Å². The van der Waals surface area contributed by atoms with Crippen LogP contribution in [0.15, 0.2) is 84.9 Å². The van der Waals surface area contributed by atoms with Crippen LogP contribution in [0.2, 0.25) is 0 Å². The zero-order valence-corrected chi connectivity index (χ0v) is 25.5. The molecule has 8 heteroatoms. The predicted octanol–water partition coefficient (Wildman–Crippen LogP) is 5.22. The maximum Gasteiger partial charge on any atom is 0.194 e. The van der Waals surface area contributed by atoms with Gasteiger partial charge in [-0.3, -0.25) is 14.4 Å². The van der Waals surface area contributed by atoms with Crippen molar-refractivity contribution in [2.45, 2.75) is 76.6 Å². The standard InChI is InChI=1S/C13H16O2.C12H16O4.C10H12O2/c14-12(11-7-3-1-4-8-11)13(15)9-5-2-6-10-13;1-12(2,15)11(14)9-3-5-10(6-4-9)16-8-7-13;1-10(2,12)9(11)8-6-4-3-5-7-8/h1,3-4,7-8,15H,2,5-6,9-10H2;3-6,13,15H,7-8H2,1-2H3;3-7,12H,1-2H3. The number of hydrogen-bond acceptors (Lipinski definition) is 8. The highest BCUT2D eigenvalue weighted by molar-refractivity contribution is 6.03. The Labute approximate surface area is 254 Å². The molecule has 232 valence electrons. The van der Waals surface area contributed by atoms with Crippen LogP contribution in [0.3, 0.4) is 0 Å². The Morgan fingerprint density at radius 2 is 1.09 bits per heavy atom. The van der Waals surface area contributed by atoms with Gasteiger partial charge in [-0.15, -0.1) is 0 Å². The maximum atomic E-state index is 12.1. The van der Waals surface area contributed by atoms with Crippen LogP contribution in [0, 0.1) is 0 Å². The number of carbonyl (C=O) groups is 3. The van der Waals surface area contributed by atoms with Gasteiger partial charge < -0.3 is 25.2 Å². The quantitative estimate of drug-likeness (QED) is 0.248. The van der Waals surface area contributed by atoms with Gasteiger partial charge in [0.15, 0.2) is 17.3 Å². The van der Waals surface area contributed by atoms with Crippen LogP contribution >= 0.6 is 0 Å². The van der Waals surface area contributed by atoms with Crippen molar-refractivity contribution < 1.29 is 39.5 Å². The molecule has 3 aromatic carbocycles. The van der Waals surface area contributed by atoms with Crippen LogP contribution in [-0.2, 0) is 0 Å². The van der Waals surface area contributed by atoms with E-state index in [4.69, 9.17) is 9.84 Å². The SMILES string of the molecule is CC(C)(O)C(=O)c1ccc(OCCO)cc1.CC(C)(O)C(=O)c1ccccc1.O=C(c1ccccc1)C1(O)CCCCC1. The van der Waals surface area contributed by atoms with Crippen molar-refractivity contribution in [1.29, 1.82) is 0 Å². The van der Waals surface area contributed by atoms with Crippen LogP contribution in [0.4, 0.5) is 0 Å². The zero-order valence-electron chi connectivity index (χ0n) is 25.5. The molecule has 0 bridgehead atoms. The molecule has 4 rings (SSSR count). The average Bonchev–Trinajstić information content (AvgIpc) is 3.00. The third-order valence-corrected chi connectivity index (χ3v) is 6.76. The molecule has 3 aromatic rings. The molecule has 1 saturated carbocycles. The van der Waals surface area contributed by atoms with Gasteiger partial charge >= 0.3 is 0 Å². The second-order valence-corrected chi connectivity index (χ2v) is 11.5. The Bertz CT molecular complexity index is 1280. The van der Waals surface area contributed by atoms with Gasteiger partial charge in [0.2, 0.25) is 0 Å². The second-order valence-electron chi connectivity index (χ2n) is 11.5. The lowest BCUT2D eigenvalue weighted by Gasteiger charge is -2.30. The molecule has 0 amide bonds. The van der Waals surface area contributed by atoms with Gasteiger partial charge in [0, 0.05) is 16.7 Å². The van der Waals surface area contributed by atoms with Crippen molar-refractivity contribution in [3.05, 3.63) is 102 Å². The molecule has 43 heavy (non-hydrogen) atoms. The molecule has 0 aliphatic heterocycles. The zero-order chi connectivity index (χ0) is 32.1. The minimum absolute atomic E-state index is 0.0512. The molecule has 0 heterocycles. The van der Waals surface area contributed by atoms with Crippen molar-refractivity contribution in [2.75, 3.05) is 13.2 Å². The molecular formula is C35H44O8. The van der Waals surface area contributed by atoms with Gasteiger partial charge in [0.1, 0.15) is 29.2 Å². The largest absolute Gasteiger partial charge is 0.491 e. The molecule has 8 nitrogen and oxygen atoms in total. The number of ether oxygens (including phenoxy) is 1. The number of benzene rings is 3. The van der Waals surface area contributed by atoms with Gasteiger partial charge in [-0.25, -0.2) is 0 Å². The Balaban J connectivity index is 0.000000227. The van der Waals surface area contributed by atoms with Crippen LogP contribution in [0.25, 0.3) is 0 Å². The smallest absolute Gasteiger partial charge is 0.194 e. The van der Waals surface area contributed by atoms with E-state index < -0.39 is 16.8 Å². The van der Waals surface area contributed by atoms with Crippen LogP contribution in [-0.4, -0.2) is 67.8 Å². The fourth-order valence-corrected chi connectivity index (χ4v) is 4.38. The molecule has 0 saturated heterocycles. The Morgan fingerprint density at radius 3 is 1.51 bits per heavy atom. The summed E-state index contributed by atoms with van der Waals surface area (Å²) < 4.78 is 5.15.